The molecule has 0 aliphatic heterocycles. The Morgan fingerprint density at radius 2 is 1.90 bits per heavy atom. The average molecular weight is 417 g/mol. The quantitative estimate of drug-likeness (QED) is 0.334. The van der Waals surface area contributed by atoms with Crippen molar-refractivity contribution in [3.05, 3.63) is 78.4 Å². The third kappa shape index (κ3) is 5.43. The molecule has 1 N–H and O–H groups in total. The lowest BCUT2D eigenvalue weighted by Crippen LogP contribution is -2.07. The summed E-state index contributed by atoms with van der Waals surface area (Å²) in [5.41, 5.74) is 5.95. The van der Waals surface area contributed by atoms with Crippen LogP contribution in [0.4, 0.5) is 10.2 Å². The minimum Gasteiger partial charge on any atom is -0.365 e. The van der Waals surface area contributed by atoms with Crippen molar-refractivity contribution in [1.82, 2.24) is 9.97 Å². The van der Waals surface area contributed by atoms with Gasteiger partial charge < -0.3 is 5.32 Å². The van der Waals surface area contributed by atoms with Gasteiger partial charge in [-0.05, 0) is 71.9 Å². The van der Waals surface area contributed by atoms with Gasteiger partial charge in [0, 0.05) is 24.7 Å². The molecule has 0 amide bonds. The Hall–Kier alpha value is -3.34. The first-order valence-corrected chi connectivity index (χ1v) is 10.5. The summed E-state index contributed by atoms with van der Waals surface area (Å²) in [7, 11) is 1.77. The molecule has 2 aromatic carbocycles. The van der Waals surface area contributed by atoms with Crippen molar-refractivity contribution in [3.8, 4) is 11.1 Å². The highest BCUT2D eigenvalue weighted by Crippen LogP contribution is 2.34. The lowest BCUT2D eigenvalue weighted by Gasteiger charge is -2.17. The summed E-state index contributed by atoms with van der Waals surface area (Å²) >= 11 is 0. The molecule has 31 heavy (non-hydrogen) atoms. The molecule has 0 saturated carbocycles. The predicted molar refractivity (Wildman–Crippen MR) is 129 cm³/mol. The van der Waals surface area contributed by atoms with Crippen LogP contribution in [0.3, 0.4) is 0 Å². The Balaban J connectivity index is 2.02. The van der Waals surface area contributed by atoms with Crippen molar-refractivity contribution in [2.75, 3.05) is 18.9 Å². The first-order valence-electron chi connectivity index (χ1n) is 10.5. The van der Waals surface area contributed by atoms with E-state index < -0.39 is 0 Å². The molecule has 3 rings (SSSR count). The minimum atomic E-state index is -0.243. The van der Waals surface area contributed by atoms with Crippen molar-refractivity contribution < 1.29 is 4.39 Å². The molecular weight excluding hydrogens is 387 g/mol. The first-order chi connectivity index (χ1) is 14.9. The van der Waals surface area contributed by atoms with E-state index in [4.69, 9.17) is 0 Å². The van der Waals surface area contributed by atoms with Crippen LogP contribution in [0.1, 0.15) is 38.7 Å². The number of aliphatic imine (C=N–C) groups is 1. The summed E-state index contributed by atoms with van der Waals surface area (Å²) in [6, 6.07) is 10.8. The molecule has 0 radical (unpaired) electrons. The topological polar surface area (TPSA) is 50.2 Å². The van der Waals surface area contributed by atoms with Crippen LogP contribution in [-0.4, -0.2) is 29.3 Å². The average Bonchev–Trinajstić information content (AvgIpc) is 2.80. The van der Waals surface area contributed by atoms with Crippen LogP contribution in [0.15, 0.2) is 72.0 Å². The van der Waals surface area contributed by atoms with E-state index in [1.54, 1.807) is 25.5 Å². The summed E-state index contributed by atoms with van der Waals surface area (Å²) < 4.78 is 13.4. The second-order valence-corrected chi connectivity index (χ2v) is 7.71. The standard InChI is InChI=1S/C26H29FN4/c1-6-18(3)23-13-21(20-9-11-22(27)12-10-20)14-24-25(23)30-16-31-26(24)29-15-17(2)7-8-19(4)28-5/h7-14,16,18H,2,6,15H2,1,3-5H3,(H,29,30,31)/b8-7-,28-19?. The van der Waals surface area contributed by atoms with Crippen LogP contribution in [0.25, 0.3) is 22.0 Å². The number of nitrogens with one attached hydrogen (secondary N) is 1. The number of anilines is 1. The highest BCUT2D eigenvalue weighted by atomic mass is 19.1. The van der Waals surface area contributed by atoms with E-state index in [9.17, 15) is 4.39 Å². The van der Waals surface area contributed by atoms with Gasteiger partial charge in [-0.2, -0.15) is 0 Å². The minimum absolute atomic E-state index is 0.243. The van der Waals surface area contributed by atoms with Crippen LogP contribution in [0.5, 0.6) is 0 Å². The van der Waals surface area contributed by atoms with Gasteiger partial charge in [-0.1, -0.05) is 38.6 Å². The van der Waals surface area contributed by atoms with Gasteiger partial charge in [-0.25, -0.2) is 14.4 Å². The fraction of sp³-hybridized carbons (Fsp3) is 0.269. The zero-order valence-electron chi connectivity index (χ0n) is 18.6. The number of benzene rings is 2. The second kappa shape index (κ2) is 10.1. The van der Waals surface area contributed by atoms with E-state index in [-0.39, 0.29) is 5.82 Å². The summed E-state index contributed by atoms with van der Waals surface area (Å²) in [6.07, 6.45) is 6.48. The van der Waals surface area contributed by atoms with E-state index >= 15 is 0 Å². The van der Waals surface area contributed by atoms with Crippen LogP contribution in [0, 0.1) is 5.82 Å². The molecule has 0 spiro atoms. The fourth-order valence-electron chi connectivity index (χ4n) is 3.31. The Bertz CT molecular complexity index is 1130. The van der Waals surface area contributed by atoms with Crippen LogP contribution in [0.2, 0.25) is 0 Å². The molecule has 160 valence electrons. The molecule has 1 aromatic heterocycles. The number of nitrogens with zero attached hydrogens (tertiary/aromatic N) is 3. The monoisotopic (exact) mass is 416 g/mol. The largest absolute Gasteiger partial charge is 0.365 e. The van der Waals surface area contributed by atoms with E-state index in [1.807, 2.05) is 19.1 Å². The van der Waals surface area contributed by atoms with Gasteiger partial charge in [0.2, 0.25) is 0 Å². The third-order valence-corrected chi connectivity index (χ3v) is 5.48. The van der Waals surface area contributed by atoms with Gasteiger partial charge >= 0.3 is 0 Å². The molecule has 0 bridgehead atoms. The fourth-order valence-corrected chi connectivity index (χ4v) is 3.31. The number of rotatable bonds is 8. The molecule has 1 heterocycles. The van der Waals surface area contributed by atoms with Crippen LogP contribution < -0.4 is 5.32 Å². The van der Waals surface area contributed by atoms with Crippen molar-refractivity contribution >= 4 is 22.4 Å². The zero-order valence-corrected chi connectivity index (χ0v) is 18.6. The Labute approximate surface area is 183 Å². The van der Waals surface area contributed by atoms with Gasteiger partial charge in [0.15, 0.2) is 0 Å². The van der Waals surface area contributed by atoms with Crippen molar-refractivity contribution in [1.29, 1.82) is 0 Å². The lowest BCUT2D eigenvalue weighted by atomic mass is 9.91. The smallest absolute Gasteiger partial charge is 0.137 e. The third-order valence-electron chi connectivity index (χ3n) is 5.48. The summed E-state index contributed by atoms with van der Waals surface area (Å²) in [6.45, 7) is 11.0. The summed E-state index contributed by atoms with van der Waals surface area (Å²) in [4.78, 5) is 13.2. The summed E-state index contributed by atoms with van der Waals surface area (Å²) in [5.74, 6) is 0.848. The molecule has 4 nitrogen and oxygen atoms in total. The van der Waals surface area contributed by atoms with Gasteiger partial charge in [0.1, 0.15) is 18.0 Å². The van der Waals surface area contributed by atoms with Crippen LogP contribution >= 0.6 is 0 Å². The van der Waals surface area contributed by atoms with Crippen molar-refractivity contribution in [3.63, 3.8) is 0 Å². The Morgan fingerprint density at radius 3 is 2.58 bits per heavy atom. The number of halogens is 1. The molecule has 0 aliphatic carbocycles. The normalized spacial score (nSPS) is 13.0. The van der Waals surface area contributed by atoms with Crippen LogP contribution in [-0.2, 0) is 0 Å². The predicted octanol–water partition coefficient (Wildman–Crippen LogP) is 6.56. The molecule has 3 aromatic rings. The Morgan fingerprint density at radius 1 is 1.16 bits per heavy atom. The van der Waals surface area contributed by atoms with Gasteiger partial charge in [-0.15, -0.1) is 0 Å². The SMILES string of the molecule is C=C(/C=C\C(C)=NC)CNc1ncnc2c(C(C)CC)cc(-c3ccc(F)cc3)cc12. The van der Waals surface area contributed by atoms with Crippen molar-refractivity contribution in [2.45, 2.75) is 33.1 Å². The lowest BCUT2D eigenvalue weighted by molar-refractivity contribution is 0.628. The first kappa shape index (κ1) is 22.3. The van der Waals surface area contributed by atoms with Gasteiger partial charge in [-0.3, -0.25) is 4.99 Å². The zero-order chi connectivity index (χ0) is 22.4. The van der Waals surface area contributed by atoms with E-state index in [0.29, 0.717) is 12.5 Å². The number of aromatic nitrogens is 2. The maximum absolute atomic E-state index is 13.4. The molecule has 0 fully saturated rings. The van der Waals surface area contributed by atoms with E-state index in [2.05, 4.69) is 52.8 Å². The molecule has 5 heteroatoms. The molecular formula is C26H29FN4. The highest BCUT2D eigenvalue weighted by Gasteiger charge is 2.15. The highest BCUT2D eigenvalue weighted by molar-refractivity contribution is 5.95. The number of allylic oxidation sites excluding steroid dienone is 1. The number of hydrogen-bond donors (Lipinski definition) is 1. The summed E-state index contributed by atoms with van der Waals surface area (Å²) in [5, 5.41) is 4.35. The van der Waals surface area contributed by atoms with E-state index in [1.165, 1.54) is 17.7 Å². The van der Waals surface area contributed by atoms with Gasteiger partial charge in [0.25, 0.3) is 0 Å². The molecule has 1 atom stereocenters. The Kier molecular flexibility index (Phi) is 7.29. The van der Waals surface area contributed by atoms with E-state index in [0.717, 1.165) is 45.6 Å². The van der Waals surface area contributed by atoms with Gasteiger partial charge in [0.05, 0.1) is 5.52 Å². The molecule has 0 aliphatic rings. The second-order valence-electron chi connectivity index (χ2n) is 7.71. The molecule has 0 saturated heterocycles. The number of hydrogen-bond acceptors (Lipinski definition) is 4. The number of fused-ring (bicyclic) bond motifs is 1. The molecule has 1 unspecified atom stereocenters. The maximum atomic E-state index is 13.4. The van der Waals surface area contributed by atoms with Crippen molar-refractivity contribution in [2.24, 2.45) is 4.99 Å². The maximum Gasteiger partial charge on any atom is 0.137 e.